The topological polar surface area (TPSA) is 8.17 Å². The van der Waals surface area contributed by atoms with Crippen molar-refractivity contribution in [2.75, 3.05) is 7.05 Å². The first-order valence-electron chi connectivity index (χ1n) is 10.7. The lowest BCUT2D eigenvalue weighted by atomic mass is 10.1. The van der Waals surface area contributed by atoms with E-state index >= 15 is 0 Å². The van der Waals surface area contributed by atoms with E-state index in [9.17, 15) is 0 Å². The zero-order valence-electron chi connectivity index (χ0n) is 19.2. The third-order valence-electron chi connectivity index (χ3n) is 5.26. The van der Waals surface area contributed by atoms with Crippen LogP contribution in [0.1, 0.15) is 45.9 Å². The average molecular weight is 399 g/mol. The maximum absolute atomic E-state index is 2.27. The normalized spacial score (nSPS) is 12.0. The molecule has 0 aliphatic carbocycles. The Morgan fingerprint density at radius 1 is 0.867 bits per heavy atom. The molecule has 0 saturated heterocycles. The van der Waals surface area contributed by atoms with Crippen LogP contribution in [-0.4, -0.2) is 16.5 Å². The van der Waals surface area contributed by atoms with Gasteiger partial charge >= 0.3 is 0 Å². The summed E-state index contributed by atoms with van der Waals surface area (Å²) in [7, 11) is 2.13. The zero-order chi connectivity index (χ0) is 21.7. The fourth-order valence-corrected chi connectivity index (χ4v) is 4.15. The molecule has 2 aromatic carbocycles. The smallest absolute Gasteiger partial charge is 0.0470 e. The number of benzene rings is 2. The molecule has 0 fully saturated rings. The second-order valence-corrected chi connectivity index (χ2v) is 8.54. The van der Waals surface area contributed by atoms with Gasteiger partial charge in [0.25, 0.3) is 0 Å². The molecule has 0 unspecified atom stereocenters. The average Bonchev–Trinajstić information content (AvgIpc) is 3.08. The van der Waals surface area contributed by atoms with Crippen molar-refractivity contribution >= 4 is 5.57 Å². The predicted molar refractivity (Wildman–Crippen MR) is 130 cm³/mol. The van der Waals surface area contributed by atoms with E-state index in [1.165, 1.54) is 44.5 Å². The van der Waals surface area contributed by atoms with E-state index in [0.717, 1.165) is 13.1 Å². The first-order chi connectivity index (χ1) is 14.3. The van der Waals surface area contributed by atoms with Gasteiger partial charge in [-0.3, -0.25) is 0 Å². The summed E-state index contributed by atoms with van der Waals surface area (Å²) in [6.45, 7) is 12.5. The Balaban J connectivity index is 1.67. The molecule has 30 heavy (non-hydrogen) atoms. The van der Waals surface area contributed by atoms with Gasteiger partial charge in [0.2, 0.25) is 0 Å². The van der Waals surface area contributed by atoms with Crippen LogP contribution in [0, 0.1) is 27.7 Å². The van der Waals surface area contributed by atoms with Crippen LogP contribution in [0.5, 0.6) is 0 Å². The Bertz CT molecular complexity index is 1030. The van der Waals surface area contributed by atoms with Crippen LogP contribution in [-0.2, 0) is 13.1 Å². The maximum Gasteiger partial charge on any atom is 0.0470 e. The van der Waals surface area contributed by atoms with Crippen molar-refractivity contribution in [1.29, 1.82) is 0 Å². The van der Waals surface area contributed by atoms with Crippen LogP contribution < -0.4 is 0 Å². The Morgan fingerprint density at radius 2 is 1.43 bits per heavy atom. The molecule has 0 saturated carbocycles. The minimum atomic E-state index is 0.899. The zero-order valence-corrected chi connectivity index (χ0v) is 19.2. The highest BCUT2D eigenvalue weighted by molar-refractivity contribution is 5.73. The lowest BCUT2D eigenvalue weighted by Crippen LogP contribution is -2.10. The van der Waals surface area contributed by atoms with Crippen molar-refractivity contribution in [2.24, 2.45) is 0 Å². The maximum atomic E-state index is 2.27. The summed E-state index contributed by atoms with van der Waals surface area (Å²) in [6.07, 6.45) is 11.0. The van der Waals surface area contributed by atoms with Gasteiger partial charge in [-0.2, -0.15) is 0 Å². The monoisotopic (exact) mass is 398 g/mol. The summed E-state index contributed by atoms with van der Waals surface area (Å²) in [5.41, 5.74) is 10.5. The molecule has 0 aliphatic heterocycles. The third kappa shape index (κ3) is 6.00. The van der Waals surface area contributed by atoms with Gasteiger partial charge in [-0.1, -0.05) is 64.7 Å². The standard InChI is InChI=1S/C28H34N2/c1-7-27(8-10-29(6)18-25-14-21(2)12-22(3)15-25)28-9-11-30(20-28)19-26-16-23(4)13-24(5)17-26/h7-17,20H,18-19H2,1-6H3/b10-8-,27-7+. The van der Waals surface area contributed by atoms with Gasteiger partial charge in [0, 0.05) is 32.5 Å². The fraction of sp³-hybridized carbons (Fsp3) is 0.286. The van der Waals surface area contributed by atoms with Gasteiger partial charge in [0.05, 0.1) is 0 Å². The summed E-state index contributed by atoms with van der Waals surface area (Å²) in [4.78, 5) is 2.24. The molecule has 2 heteroatoms. The molecule has 0 bridgehead atoms. The number of aryl methyl sites for hydroxylation is 4. The van der Waals surface area contributed by atoms with Gasteiger partial charge < -0.3 is 9.47 Å². The molecular formula is C28H34N2. The molecule has 0 radical (unpaired) electrons. The minimum absolute atomic E-state index is 0.899. The van der Waals surface area contributed by atoms with Crippen molar-refractivity contribution in [3.05, 3.63) is 112 Å². The molecule has 3 aromatic rings. The molecule has 156 valence electrons. The highest BCUT2D eigenvalue weighted by Gasteiger charge is 2.04. The van der Waals surface area contributed by atoms with E-state index in [0.29, 0.717) is 0 Å². The van der Waals surface area contributed by atoms with Gasteiger partial charge in [-0.25, -0.2) is 0 Å². The van der Waals surface area contributed by atoms with Crippen molar-refractivity contribution in [2.45, 2.75) is 47.7 Å². The van der Waals surface area contributed by atoms with Crippen LogP contribution in [0.25, 0.3) is 5.57 Å². The highest BCUT2D eigenvalue weighted by atomic mass is 15.1. The molecule has 2 nitrogen and oxygen atoms in total. The summed E-state index contributed by atoms with van der Waals surface area (Å²) in [5, 5.41) is 0. The van der Waals surface area contributed by atoms with E-state index in [2.05, 4.69) is 124 Å². The molecular weight excluding hydrogens is 364 g/mol. The molecule has 1 heterocycles. The second-order valence-electron chi connectivity index (χ2n) is 8.54. The Morgan fingerprint density at radius 3 is 2.00 bits per heavy atom. The Kier molecular flexibility index (Phi) is 6.99. The van der Waals surface area contributed by atoms with Crippen molar-refractivity contribution in [3.8, 4) is 0 Å². The van der Waals surface area contributed by atoms with Crippen molar-refractivity contribution < 1.29 is 0 Å². The quantitative estimate of drug-likeness (QED) is 0.396. The Labute approximate surface area is 182 Å². The summed E-state index contributed by atoms with van der Waals surface area (Å²) < 4.78 is 2.26. The lowest BCUT2D eigenvalue weighted by Gasteiger charge is -2.15. The molecule has 0 N–H and O–H groups in total. The van der Waals surface area contributed by atoms with Gasteiger partial charge in [0.1, 0.15) is 0 Å². The SMILES string of the molecule is C/C=C(\C=C/N(C)Cc1cc(C)cc(C)c1)c1ccn(Cc2cc(C)cc(C)c2)c1. The van der Waals surface area contributed by atoms with Gasteiger partial charge in [0.15, 0.2) is 0 Å². The van der Waals surface area contributed by atoms with Crippen LogP contribution in [0.3, 0.4) is 0 Å². The first kappa shape index (κ1) is 21.7. The number of aromatic nitrogens is 1. The number of hydrogen-bond acceptors (Lipinski definition) is 1. The number of allylic oxidation sites excluding steroid dienone is 3. The van der Waals surface area contributed by atoms with E-state index in [1.807, 2.05) is 0 Å². The summed E-state index contributed by atoms with van der Waals surface area (Å²) >= 11 is 0. The largest absolute Gasteiger partial charge is 0.376 e. The van der Waals surface area contributed by atoms with E-state index in [-0.39, 0.29) is 0 Å². The molecule has 3 rings (SSSR count). The van der Waals surface area contributed by atoms with Crippen molar-refractivity contribution in [3.63, 3.8) is 0 Å². The third-order valence-corrected chi connectivity index (χ3v) is 5.26. The number of rotatable bonds is 7. The molecule has 1 aromatic heterocycles. The van der Waals surface area contributed by atoms with Gasteiger partial charge in [-0.15, -0.1) is 0 Å². The molecule has 0 aliphatic rings. The van der Waals surface area contributed by atoms with Crippen molar-refractivity contribution in [1.82, 2.24) is 9.47 Å². The van der Waals surface area contributed by atoms with Crippen LogP contribution >= 0.6 is 0 Å². The summed E-state index contributed by atoms with van der Waals surface area (Å²) in [5.74, 6) is 0. The molecule has 0 amide bonds. The summed E-state index contributed by atoms with van der Waals surface area (Å²) in [6, 6.07) is 15.7. The number of nitrogens with zero attached hydrogens (tertiary/aromatic N) is 2. The van der Waals surface area contributed by atoms with Crippen LogP contribution in [0.15, 0.2) is 73.2 Å². The molecule has 0 atom stereocenters. The van der Waals surface area contributed by atoms with Gasteiger partial charge in [-0.05, 0) is 75.2 Å². The number of hydrogen-bond donors (Lipinski definition) is 0. The highest BCUT2D eigenvalue weighted by Crippen LogP contribution is 2.19. The minimum Gasteiger partial charge on any atom is -0.376 e. The van der Waals surface area contributed by atoms with Crippen LogP contribution in [0.4, 0.5) is 0 Å². The van der Waals surface area contributed by atoms with E-state index in [4.69, 9.17) is 0 Å². The van der Waals surface area contributed by atoms with E-state index < -0.39 is 0 Å². The van der Waals surface area contributed by atoms with Crippen LogP contribution in [0.2, 0.25) is 0 Å². The first-order valence-corrected chi connectivity index (χ1v) is 10.7. The van der Waals surface area contributed by atoms with E-state index in [1.54, 1.807) is 0 Å². The second kappa shape index (κ2) is 9.67. The lowest BCUT2D eigenvalue weighted by molar-refractivity contribution is 0.451. The Hall–Kier alpha value is -3.00. The molecule has 0 spiro atoms. The fourth-order valence-electron chi connectivity index (χ4n) is 4.15. The predicted octanol–water partition coefficient (Wildman–Crippen LogP) is 6.82.